The van der Waals surface area contributed by atoms with E-state index in [0.717, 1.165) is 26.1 Å². The fourth-order valence-corrected chi connectivity index (χ4v) is 8.63. The van der Waals surface area contributed by atoms with E-state index in [-0.39, 0.29) is 4.75 Å². The molecule has 0 aliphatic carbocycles. The summed E-state index contributed by atoms with van der Waals surface area (Å²) in [4.78, 5) is 0. The SMILES string of the molecule is CCCCCCOP(=S)(OCCCCCC)SC(C)(C)C. The van der Waals surface area contributed by atoms with Gasteiger partial charge in [0.05, 0.1) is 13.2 Å². The highest BCUT2D eigenvalue weighted by Gasteiger charge is 2.27. The van der Waals surface area contributed by atoms with E-state index in [0.29, 0.717) is 0 Å². The summed E-state index contributed by atoms with van der Waals surface area (Å²) in [6.45, 7) is 12.5. The van der Waals surface area contributed by atoms with Crippen molar-refractivity contribution in [2.75, 3.05) is 13.2 Å². The van der Waals surface area contributed by atoms with Gasteiger partial charge < -0.3 is 9.05 Å². The Morgan fingerprint density at radius 3 is 1.57 bits per heavy atom. The fraction of sp³-hybridized carbons (Fsp3) is 1.00. The van der Waals surface area contributed by atoms with Gasteiger partial charge in [-0.3, -0.25) is 0 Å². The molecule has 0 aromatic rings. The lowest BCUT2D eigenvalue weighted by atomic mass is 10.2. The lowest BCUT2D eigenvalue weighted by molar-refractivity contribution is 0.249. The van der Waals surface area contributed by atoms with Crippen LogP contribution < -0.4 is 0 Å². The summed E-state index contributed by atoms with van der Waals surface area (Å²) < 4.78 is 12.1. The van der Waals surface area contributed by atoms with Gasteiger partial charge in [0.15, 0.2) is 0 Å². The smallest absolute Gasteiger partial charge is 0.247 e. The fourth-order valence-electron chi connectivity index (χ4n) is 1.84. The molecule has 0 radical (unpaired) electrons. The summed E-state index contributed by atoms with van der Waals surface area (Å²) in [5.74, 6) is 0. The molecule has 5 heteroatoms. The molecule has 0 aliphatic heterocycles. The molecule has 0 aromatic carbocycles. The van der Waals surface area contributed by atoms with Crippen molar-refractivity contribution in [2.45, 2.75) is 90.7 Å². The minimum atomic E-state index is -2.19. The average molecular weight is 355 g/mol. The van der Waals surface area contributed by atoms with E-state index in [1.807, 2.05) is 0 Å². The number of hydrogen-bond donors (Lipinski definition) is 0. The largest absolute Gasteiger partial charge is 0.322 e. The lowest BCUT2D eigenvalue weighted by Crippen LogP contribution is -2.09. The summed E-state index contributed by atoms with van der Waals surface area (Å²) in [5.41, 5.74) is -2.19. The Kier molecular flexibility index (Phi) is 12.9. The van der Waals surface area contributed by atoms with Crippen molar-refractivity contribution in [1.29, 1.82) is 0 Å². The van der Waals surface area contributed by atoms with Crippen LogP contribution in [0.2, 0.25) is 0 Å². The monoisotopic (exact) mass is 354 g/mol. The van der Waals surface area contributed by atoms with Crippen LogP contribution >= 0.6 is 17.1 Å². The highest BCUT2D eigenvalue weighted by Crippen LogP contribution is 2.65. The Labute approximate surface area is 142 Å². The molecule has 128 valence electrons. The van der Waals surface area contributed by atoms with Crippen LogP contribution in [0.5, 0.6) is 0 Å². The highest BCUT2D eigenvalue weighted by molar-refractivity contribution is 8.68. The van der Waals surface area contributed by atoms with Crippen molar-refractivity contribution in [3.63, 3.8) is 0 Å². The van der Waals surface area contributed by atoms with E-state index in [1.165, 1.54) is 38.5 Å². The van der Waals surface area contributed by atoms with Gasteiger partial charge in [-0.05, 0) is 24.6 Å². The van der Waals surface area contributed by atoms with Crippen LogP contribution in [0.3, 0.4) is 0 Å². The highest BCUT2D eigenvalue weighted by atomic mass is 32.9. The minimum Gasteiger partial charge on any atom is -0.322 e. The van der Waals surface area contributed by atoms with E-state index in [9.17, 15) is 0 Å². The molecule has 0 atom stereocenters. The molecule has 0 fully saturated rings. The van der Waals surface area contributed by atoms with Crippen LogP contribution in [0.1, 0.15) is 86.0 Å². The van der Waals surface area contributed by atoms with Crippen molar-refractivity contribution in [3.05, 3.63) is 0 Å². The Balaban J connectivity index is 4.18. The van der Waals surface area contributed by atoms with Gasteiger partial charge in [0.25, 0.3) is 0 Å². The normalized spacial score (nSPS) is 12.8. The van der Waals surface area contributed by atoms with Crippen LogP contribution in [0, 0.1) is 0 Å². The van der Waals surface area contributed by atoms with Gasteiger partial charge in [-0.1, -0.05) is 84.5 Å². The van der Waals surface area contributed by atoms with Gasteiger partial charge in [0, 0.05) is 4.75 Å². The van der Waals surface area contributed by atoms with Gasteiger partial charge in [-0.2, -0.15) is 0 Å². The maximum absolute atomic E-state index is 6.03. The second kappa shape index (κ2) is 12.4. The zero-order valence-electron chi connectivity index (χ0n) is 14.7. The second-order valence-corrected chi connectivity index (χ2v) is 13.4. The first-order chi connectivity index (χ1) is 9.83. The maximum atomic E-state index is 6.03. The van der Waals surface area contributed by atoms with Crippen molar-refractivity contribution < 1.29 is 9.05 Å². The molecule has 0 N–H and O–H groups in total. The van der Waals surface area contributed by atoms with Gasteiger partial charge in [0.2, 0.25) is 5.69 Å². The van der Waals surface area contributed by atoms with Crippen molar-refractivity contribution in [2.24, 2.45) is 0 Å². The van der Waals surface area contributed by atoms with Gasteiger partial charge in [0.1, 0.15) is 0 Å². The molecule has 0 heterocycles. The Morgan fingerprint density at radius 1 is 0.810 bits per heavy atom. The molecule has 0 bridgehead atoms. The average Bonchev–Trinajstić information content (AvgIpc) is 2.36. The summed E-state index contributed by atoms with van der Waals surface area (Å²) >= 11 is 7.45. The third-order valence-electron chi connectivity index (χ3n) is 2.88. The number of hydrogen-bond acceptors (Lipinski definition) is 4. The number of unbranched alkanes of at least 4 members (excludes halogenated alkanes) is 6. The van der Waals surface area contributed by atoms with Crippen LogP contribution in [0.25, 0.3) is 0 Å². The third kappa shape index (κ3) is 14.3. The molecule has 0 unspecified atom stereocenters. The first-order valence-electron chi connectivity index (χ1n) is 8.43. The molecule has 0 aromatic heterocycles. The second-order valence-electron chi connectivity index (χ2n) is 6.44. The van der Waals surface area contributed by atoms with Crippen LogP contribution in [0.4, 0.5) is 0 Å². The van der Waals surface area contributed by atoms with E-state index in [1.54, 1.807) is 11.4 Å². The molecule has 0 saturated carbocycles. The van der Waals surface area contributed by atoms with E-state index in [4.69, 9.17) is 20.9 Å². The molecule has 21 heavy (non-hydrogen) atoms. The molecular weight excluding hydrogens is 319 g/mol. The molecule has 0 saturated heterocycles. The topological polar surface area (TPSA) is 18.5 Å². The van der Waals surface area contributed by atoms with Crippen LogP contribution in [-0.2, 0) is 20.9 Å². The van der Waals surface area contributed by atoms with E-state index < -0.39 is 5.69 Å². The summed E-state index contributed by atoms with van der Waals surface area (Å²) in [7, 11) is 0. The van der Waals surface area contributed by atoms with Gasteiger partial charge >= 0.3 is 0 Å². The predicted molar refractivity (Wildman–Crippen MR) is 102 cm³/mol. The molecular formula is C16H35O2PS2. The zero-order chi connectivity index (χ0) is 16.2. The summed E-state index contributed by atoms with van der Waals surface area (Å²) in [5, 5.41) is 0. The van der Waals surface area contributed by atoms with Crippen molar-refractivity contribution in [3.8, 4) is 0 Å². The zero-order valence-corrected chi connectivity index (χ0v) is 17.2. The van der Waals surface area contributed by atoms with Crippen LogP contribution in [0.15, 0.2) is 0 Å². The van der Waals surface area contributed by atoms with Crippen molar-refractivity contribution >= 4 is 28.9 Å². The van der Waals surface area contributed by atoms with Gasteiger partial charge in [-0.25, -0.2) is 0 Å². The molecule has 0 spiro atoms. The number of rotatable bonds is 13. The molecule has 0 rings (SSSR count). The Bertz CT molecular complexity index is 272. The molecule has 0 amide bonds. The van der Waals surface area contributed by atoms with Crippen LogP contribution in [-0.4, -0.2) is 18.0 Å². The van der Waals surface area contributed by atoms with Crippen molar-refractivity contribution in [1.82, 2.24) is 0 Å². The van der Waals surface area contributed by atoms with E-state index >= 15 is 0 Å². The first kappa shape index (κ1) is 21.9. The lowest BCUT2D eigenvalue weighted by Gasteiger charge is -2.28. The third-order valence-corrected chi connectivity index (χ3v) is 8.90. The summed E-state index contributed by atoms with van der Waals surface area (Å²) in [6.07, 6.45) is 9.68. The molecule has 2 nitrogen and oxygen atoms in total. The van der Waals surface area contributed by atoms with Gasteiger partial charge in [-0.15, -0.1) is 0 Å². The maximum Gasteiger partial charge on any atom is 0.247 e. The standard InChI is InChI=1S/C16H35O2PS2/c1-6-8-10-12-14-17-19(20,21-16(3,4)5)18-15-13-11-9-7-2/h6-15H2,1-5H3. The van der Waals surface area contributed by atoms with E-state index in [2.05, 4.69) is 34.6 Å². The summed E-state index contributed by atoms with van der Waals surface area (Å²) in [6, 6.07) is 0. The minimum absolute atomic E-state index is 0.0857. The Morgan fingerprint density at radius 2 is 1.24 bits per heavy atom. The quantitative estimate of drug-likeness (QED) is 0.263. The molecule has 0 aliphatic rings. The Hall–Kier alpha value is 0.920. The first-order valence-corrected chi connectivity index (χ1v) is 12.5. The predicted octanol–water partition coefficient (Wildman–Crippen LogP) is 6.94.